The van der Waals surface area contributed by atoms with Gasteiger partial charge in [0.15, 0.2) is 0 Å². The van der Waals surface area contributed by atoms with Gasteiger partial charge >= 0.3 is 6.03 Å². The van der Waals surface area contributed by atoms with Crippen molar-refractivity contribution >= 4 is 45.3 Å². The standard InChI is InChI=1S/C18H22N4O2S2/c1-10-19-16(15-12-7-4-8-13(12)26-17(15)20-10)25-9-14(23)22-18(24)21-11-5-2-3-6-11/h11H,2-9H2,1H3,(H2,21,22,23,24). The lowest BCUT2D eigenvalue weighted by atomic mass is 10.2. The zero-order chi connectivity index (χ0) is 18.1. The van der Waals surface area contributed by atoms with Gasteiger partial charge in [0.05, 0.1) is 5.75 Å². The molecule has 8 heteroatoms. The van der Waals surface area contributed by atoms with Crippen molar-refractivity contribution in [1.82, 2.24) is 20.6 Å². The molecular formula is C18H22N4O2S2. The predicted molar refractivity (Wildman–Crippen MR) is 104 cm³/mol. The Morgan fingerprint density at radius 2 is 2.00 bits per heavy atom. The number of fused-ring (bicyclic) bond motifs is 3. The minimum atomic E-state index is -0.386. The molecular weight excluding hydrogens is 368 g/mol. The highest BCUT2D eigenvalue weighted by Crippen LogP contribution is 2.40. The first kappa shape index (κ1) is 17.7. The molecule has 0 bridgehead atoms. The van der Waals surface area contributed by atoms with Gasteiger partial charge in [0.25, 0.3) is 0 Å². The van der Waals surface area contributed by atoms with Crippen molar-refractivity contribution in [2.45, 2.75) is 62.9 Å². The van der Waals surface area contributed by atoms with Gasteiger partial charge in [0.1, 0.15) is 15.7 Å². The lowest BCUT2D eigenvalue weighted by Gasteiger charge is -2.12. The summed E-state index contributed by atoms with van der Waals surface area (Å²) in [6.07, 6.45) is 7.63. The highest BCUT2D eigenvalue weighted by Gasteiger charge is 2.23. The molecule has 2 N–H and O–H groups in total. The lowest BCUT2D eigenvalue weighted by Crippen LogP contribution is -2.44. The van der Waals surface area contributed by atoms with E-state index in [-0.39, 0.29) is 23.7 Å². The molecule has 0 saturated heterocycles. The van der Waals surface area contributed by atoms with Crippen LogP contribution in [0.2, 0.25) is 0 Å². The van der Waals surface area contributed by atoms with Gasteiger partial charge in [-0.05, 0) is 44.6 Å². The van der Waals surface area contributed by atoms with E-state index >= 15 is 0 Å². The molecule has 2 aromatic heterocycles. The van der Waals surface area contributed by atoms with Gasteiger partial charge in [0, 0.05) is 16.3 Å². The monoisotopic (exact) mass is 390 g/mol. The smallest absolute Gasteiger partial charge is 0.321 e. The summed E-state index contributed by atoms with van der Waals surface area (Å²) >= 11 is 3.14. The van der Waals surface area contributed by atoms with Gasteiger partial charge in [0.2, 0.25) is 5.91 Å². The number of thiophene rings is 1. The minimum absolute atomic E-state index is 0.175. The molecule has 0 aliphatic heterocycles. The number of carbonyl (C=O) groups is 2. The highest BCUT2D eigenvalue weighted by atomic mass is 32.2. The maximum Gasteiger partial charge on any atom is 0.321 e. The van der Waals surface area contributed by atoms with Crippen LogP contribution in [0.5, 0.6) is 0 Å². The van der Waals surface area contributed by atoms with Crippen LogP contribution in [0.1, 0.15) is 48.4 Å². The molecule has 3 amide bonds. The van der Waals surface area contributed by atoms with Crippen LogP contribution >= 0.6 is 23.1 Å². The van der Waals surface area contributed by atoms with Crippen molar-refractivity contribution in [2.24, 2.45) is 0 Å². The van der Waals surface area contributed by atoms with Gasteiger partial charge in [-0.3, -0.25) is 10.1 Å². The highest BCUT2D eigenvalue weighted by molar-refractivity contribution is 8.00. The van der Waals surface area contributed by atoms with Crippen molar-refractivity contribution in [3.8, 4) is 0 Å². The van der Waals surface area contributed by atoms with E-state index in [9.17, 15) is 9.59 Å². The largest absolute Gasteiger partial charge is 0.335 e. The van der Waals surface area contributed by atoms with E-state index in [1.165, 1.54) is 28.6 Å². The van der Waals surface area contributed by atoms with Gasteiger partial charge in [-0.2, -0.15) is 0 Å². The van der Waals surface area contributed by atoms with Crippen LogP contribution in [-0.2, 0) is 17.6 Å². The fraction of sp³-hybridized carbons (Fsp3) is 0.556. The molecule has 2 heterocycles. The van der Waals surface area contributed by atoms with E-state index in [0.717, 1.165) is 59.6 Å². The first-order valence-corrected chi connectivity index (χ1v) is 10.9. The van der Waals surface area contributed by atoms with Gasteiger partial charge in [-0.25, -0.2) is 14.8 Å². The van der Waals surface area contributed by atoms with Crippen molar-refractivity contribution in [3.05, 3.63) is 16.3 Å². The number of amides is 3. The maximum atomic E-state index is 12.2. The summed E-state index contributed by atoms with van der Waals surface area (Å²) in [6.45, 7) is 1.88. The van der Waals surface area contributed by atoms with Crippen LogP contribution in [0.25, 0.3) is 10.2 Å². The number of urea groups is 1. The summed E-state index contributed by atoms with van der Waals surface area (Å²) in [6, 6.07) is -0.184. The fourth-order valence-electron chi connectivity index (χ4n) is 3.76. The SMILES string of the molecule is Cc1nc(SCC(=O)NC(=O)NC2CCCC2)c2c3c(sc2n1)CCC3. The molecule has 138 valence electrons. The average Bonchev–Trinajstić information content (AvgIpc) is 3.29. The van der Waals surface area contributed by atoms with E-state index in [2.05, 4.69) is 20.6 Å². The minimum Gasteiger partial charge on any atom is -0.335 e. The average molecular weight is 391 g/mol. The number of carbonyl (C=O) groups excluding carboxylic acids is 2. The molecule has 0 unspecified atom stereocenters. The number of thioether (sulfide) groups is 1. The Morgan fingerprint density at radius 1 is 1.19 bits per heavy atom. The van der Waals surface area contributed by atoms with Crippen LogP contribution in [0, 0.1) is 6.92 Å². The Balaban J connectivity index is 1.41. The Kier molecular flexibility index (Phi) is 5.13. The molecule has 4 rings (SSSR count). The molecule has 1 fully saturated rings. The molecule has 2 aliphatic rings. The Morgan fingerprint density at radius 3 is 2.81 bits per heavy atom. The molecule has 1 saturated carbocycles. The molecule has 0 spiro atoms. The lowest BCUT2D eigenvalue weighted by molar-refractivity contribution is -0.117. The molecule has 2 aromatic rings. The van der Waals surface area contributed by atoms with Crippen molar-refractivity contribution in [3.63, 3.8) is 0 Å². The van der Waals surface area contributed by atoms with E-state index in [1.54, 1.807) is 11.3 Å². The quantitative estimate of drug-likeness (QED) is 0.618. The van der Waals surface area contributed by atoms with Crippen molar-refractivity contribution in [1.29, 1.82) is 0 Å². The van der Waals surface area contributed by atoms with Crippen LogP contribution in [0.15, 0.2) is 5.03 Å². The topological polar surface area (TPSA) is 84.0 Å². The normalized spacial score (nSPS) is 16.8. The summed E-state index contributed by atoms with van der Waals surface area (Å²) in [4.78, 5) is 35.6. The maximum absolute atomic E-state index is 12.2. The van der Waals surface area contributed by atoms with Gasteiger partial charge < -0.3 is 5.32 Å². The van der Waals surface area contributed by atoms with Crippen molar-refractivity contribution in [2.75, 3.05) is 5.75 Å². The first-order chi connectivity index (χ1) is 12.6. The Bertz CT molecular complexity index is 858. The van der Waals surface area contributed by atoms with Crippen LogP contribution in [0.3, 0.4) is 0 Å². The van der Waals surface area contributed by atoms with Crippen molar-refractivity contribution < 1.29 is 9.59 Å². The van der Waals surface area contributed by atoms with Crippen LogP contribution in [0.4, 0.5) is 4.79 Å². The number of hydrogen-bond donors (Lipinski definition) is 2. The molecule has 0 radical (unpaired) electrons. The van der Waals surface area contributed by atoms with E-state index in [1.807, 2.05) is 6.92 Å². The zero-order valence-corrected chi connectivity index (χ0v) is 16.4. The van der Waals surface area contributed by atoms with Crippen LogP contribution < -0.4 is 10.6 Å². The van der Waals surface area contributed by atoms with Gasteiger partial charge in [-0.15, -0.1) is 11.3 Å². The second kappa shape index (κ2) is 7.52. The number of imide groups is 1. The fourth-order valence-corrected chi connectivity index (χ4v) is 6.03. The summed E-state index contributed by atoms with van der Waals surface area (Å²) in [7, 11) is 0. The zero-order valence-electron chi connectivity index (χ0n) is 14.8. The van der Waals surface area contributed by atoms with E-state index < -0.39 is 0 Å². The Labute approximate surface area is 160 Å². The number of rotatable bonds is 4. The number of aromatic nitrogens is 2. The number of nitrogens with zero attached hydrogens (tertiary/aromatic N) is 2. The predicted octanol–water partition coefficient (Wildman–Crippen LogP) is 3.35. The van der Waals surface area contributed by atoms with E-state index in [4.69, 9.17) is 0 Å². The summed E-state index contributed by atoms with van der Waals surface area (Å²) in [5.74, 6) is 0.606. The number of aryl methyl sites for hydroxylation is 3. The third-order valence-corrected chi connectivity index (χ3v) is 7.09. The molecule has 26 heavy (non-hydrogen) atoms. The second-order valence-electron chi connectivity index (χ2n) is 6.91. The molecule has 0 aromatic carbocycles. The third kappa shape index (κ3) is 3.71. The number of nitrogens with one attached hydrogen (secondary N) is 2. The van der Waals surface area contributed by atoms with E-state index in [0.29, 0.717) is 0 Å². The molecule has 0 atom stereocenters. The second-order valence-corrected chi connectivity index (χ2v) is 8.95. The summed E-state index contributed by atoms with van der Waals surface area (Å²) in [5.41, 5.74) is 1.35. The van der Waals surface area contributed by atoms with Gasteiger partial charge in [-0.1, -0.05) is 24.6 Å². The van der Waals surface area contributed by atoms with Crippen LogP contribution in [-0.4, -0.2) is 33.7 Å². The molecule has 2 aliphatic carbocycles. The Hall–Kier alpha value is -1.67. The summed E-state index contributed by atoms with van der Waals surface area (Å²) < 4.78 is 0. The third-order valence-electron chi connectivity index (χ3n) is 4.93. The number of hydrogen-bond acceptors (Lipinski definition) is 6. The summed E-state index contributed by atoms with van der Waals surface area (Å²) in [5, 5.41) is 7.28. The first-order valence-electron chi connectivity index (χ1n) is 9.12. The molecule has 6 nitrogen and oxygen atoms in total.